The van der Waals surface area contributed by atoms with E-state index in [1.807, 2.05) is 30.3 Å². The van der Waals surface area contributed by atoms with Crippen molar-refractivity contribution in [2.24, 2.45) is 0 Å². The molecular weight excluding hydrogens is 508 g/mol. The molecule has 2 aromatic rings. The fourth-order valence-electron chi connectivity index (χ4n) is 4.24. The van der Waals surface area contributed by atoms with Gasteiger partial charge in [-0.25, -0.2) is 9.52 Å². The Kier molecular flexibility index (Phi) is 8.69. The van der Waals surface area contributed by atoms with Gasteiger partial charge in [-0.05, 0) is 47.0 Å². The Morgan fingerprint density at radius 2 is 1.79 bits per heavy atom. The normalized spacial score (nSPS) is 17.7. The van der Waals surface area contributed by atoms with Crippen molar-refractivity contribution in [3.63, 3.8) is 0 Å². The summed E-state index contributed by atoms with van der Waals surface area (Å²) in [6, 6.07) is 13.2. The standard InChI is InChI=1S/C24H33BrN2O5S/c1-3-5-12-24(13-6-4-2)17-27(18-10-8-7-9-11-18)20-14-19(25)21(32-16-23(28)29)15-22(20)33(30,31)26-24/h7-11,14-15,26,30-31H,3-6,12-13,16-17H2,1-2H3,(H,28,29). The highest BCUT2D eigenvalue weighted by Crippen LogP contribution is 2.57. The SMILES string of the molecule is CCCCC1(CCCC)CN(c2ccccc2)c2cc(Br)c(OCC(=O)O)cc2S(O)(O)N1. The second kappa shape index (κ2) is 11.1. The largest absolute Gasteiger partial charge is 0.481 e. The highest BCUT2D eigenvalue weighted by Gasteiger charge is 2.42. The van der Waals surface area contributed by atoms with Gasteiger partial charge >= 0.3 is 5.97 Å². The molecule has 0 saturated heterocycles. The summed E-state index contributed by atoms with van der Waals surface area (Å²) in [6.45, 7) is 4.31. The van der Waals surface area contributed by atoms with Gasteiger partial charge in [0.1, 0.15) is 10.6 Å². The van der Waals surface area contributed by atoms with E-state index in [1.165, 1.54) is 6.07 Å². The minimum Gasteiger partial charge on any atom is -0.481 e. The summed E-state index contributed by atoms with van der Waals surface area (Å²) in [4.78, 5) is 13.4. The van der Waals surface area contributed by atoms with Crippen molar-refractivity contribution in [2.75, 3.05) is 18.1 Å². The lowest BCUT2D eigenvalue weighted by Crippen LogP contribution is -2.51. The summed E-state index contributed by atoms with van der Waals surface area (Å²) in [5.41, 5.74) is 1.09. The summed E-state index contributed by atoms with van der Waals surface area (Å²) in [5, 5.41) is 9.02. The Bertz CT molecular complexity index is 949. The molecule has 33 heavy (non-hydrogen) atoms. The first kappa shape index (κ1) is 25.8. The zero-order valence-corrected chi connectivity index (χ0v) is 21.5. The van der Waals surface area contributed by atoms with E-state index in [1.54, 1.807) is 6.07 Å². The number of carbonyl (C=O) groups is 1. The van der Waals surface area contributed by atoms with E-state index in [-0.39, 0.29) is 5.75 Å². The first-order valence-corrected chi connectivity index (χ1v) is 13.6. The van der Waals surface area contributed by atoms with Crippen molar-refractivity contribution in [1.29, 1.82) is 0 Å². The van der Waals surface area contributed by atoms with Gasteiger partial charge in [0.15, 0.2) is 6.61 Å². The maximum absolute atomic E-state index is 11.4. The zero-order valence-electron chi connectivity index (χ0n) is 19.1. The van der Waals surface area contributed by atoms with Crippen LogP contribution in [0.4, 0.5) is 11.4 Å². The molecule has 0 aromatic heterocycles. The topological polar surface area (TPSA) is 102 Å². The monoisotopic (exact) mass is 540 g/mol. The average molecular weight is 542 g/mol. The summed E-state index contributed by atoms with van der Waals surface area (Å²) in [6.07, 6.45) is 5.54. The third-order valence-electron chi connectivity index (χ3n) is 5.87. The third kappa shape index (κ3) is 6.22. The molecule has 182 valence electrons. The van der Waals surface area contributed by atoms with E-state index in [9.17, 15) is 13.9 Å². The predicted molar refractivity (Wildman–Crippen MR) is 137 cm³/mol. The number of nitrogens with one attached hydrogen (secondary N) is 1. The minimum atomic E-state index is -3.41. The zero-order chi connectivity index (χ0) is 24.1. The van der Waals surface area contributed by atoms with Crippen LogP contribution in [0, 0.1) is 0 Å². The molecule has 1 aliphatic heterocycles. The lowest BCUT2D eigenvalue weighted by Gasteiger charge is -2.43. The number of hydrogen-bond donors (Lipinski definition) is 4. The number of carboxylic acids is 1. The van der Waals surface area contributed by atoms with E-state index < -0.39 is 28.9 Å². The minimum absolute atomic E-state index is 0.251. The molecule has 0 bridgehead atoms. The number of halogens is 1. The van der Waals surface area contributed by atoms with E-state index in [0.29, 0.717) is 21.6 Å². The molecule has 0 atom stereocenters. The van der Waals surface area contributed by atoms with Crippen LogP contribution >= 0.6 is 26.7 Å². The number of hydrogen-bond acceptors (Lipinski definition) is 6. The summed E-state index contributed by atoms with van der Waals surface area (Å²) < 4.78 is 32.1. The number of aliphatic carboxylic acids is 1. The summed E-state index contributed by atoms with van der Waals surface area (Å²) in [5.74, 6) is -0.855. The molecular formula is C24H33BrN2O5S. The van der Waals surface area contributed by atoms with Crippen LogP contribution < -0.4 is 14.4 Å². The van der Waals surface area contributed by atoms with Crippen LogP contribution in [0.2, 0.25) is 0 Å². The molecule has 2 aromatic carbocycles. The Morgan fingerprint density at radius 1 is 1.15 bits per heavy atom. The second-order valence-corrected chi connectivity index (χ2v) is 11.1. The van der Waals surface area contributed by atoms with Crippen LogP contribution in [0.15, 0.2) is 51.8 Å². The van der Waals surface area contributed by atoms with Crippen LogP contribution in [-0.4, -0.2) is 38.9 Å². The number of benzene rings is 2. The average Bonchev–Trinajstić information content (AvgIpc) is 2.87. The van der Waals surface area contributed by atoms with Crippen molar-refractivity contribution >= 4 is 44.0 Å². The van der Waals surface area contributed by atoms with Gasteiger partial charge in [0.05, 0.1) is 15.7 Å². The number of fused-ring (bicyclic) bond motifs is 1. The van der Waals surface area contributed by atoms with E-state index in [0.717, 1.165) is 44.2 Å². The Morgan fingerprint density at radius 3 is 2.36 bits per heavy atom. The number of anilines is 2. The molecule has 0 spiro atoms. The highest BCUT2D eigenvalue weighted by molar-refractivity contribution is 9.10. The first-order chi connectivity index (χ1) is 15.7. The molecule has 1 aliphatic rings. The van der Waals surface area contributed by atoms with Gasteiger partial charge < -0.3 is 14.7 Å². The molecule has 0 saturated carbocycles. The van der Waals surface area contributed by atoms with Gasteiger partial charge in [-0.1, -0.05) is 57.7 Å². The third-order valence-corrected chi connectivity index (χ3v) is 8.14. The number of ether oxygens (including phenoxy) is 1. The van der Waals surface area contributed by atoms with Crippen molar-refractivity contribution in [1.82, 2.24) is 4.72 Å². The lowest BCUT2D eigenvalue weighted by atomic mass is 9.87. The molecule has 7 nitrogen and oxygen atoms in total. The lowest BCUT2D eigenvalue weighted by molar-refractivity contribution is -0.139. The number of para-hydroxylation sites is 1. The maximum atomic E-state index is 11.4. The van der Waals surface area contributed by atoms with Crippen molar-refractivity contribution in [2.45, 2.75) is 62.8 Å². The predicted octanol–water partition coefficient (Wildman–Crippen LogP) is 6.80. The number of nitrogens with zero attached hydrogens (tertiary/aromatic N) is 1. The van der Waals surface area contributed by atoms with Crippen LogP contribution in [0.25, 0.3) is 0 Å². The second-order valence-electron chi connectivity index (χ2n) is 8.49. The number of unbranched alkanes of at least 4 members (excludes halogenated alkanes) is 2. The Balaban J connectivity index is 2.17. The molecule has 0 radical (unpaired) electrons. The van der Waals surface area contributed by atoms with Crippen LogP contribution in [0.5, 0.6) is 5.75 Å². The van der Waals surface area contributed by atoms with Gasteiger partial charge in [0, 0.05) is 18.3 Å². The summed E-state index contributed by atoms with van der Waals surface area (Å²) in [7, 11) is -3.41. The molecule has 1 heterocycles. The Labute approximate surface area is 205 Å². The van der Waals surface area contributed by atoms with Gasteiger partial charge in [-0.2, -0.15) is 0 Å². The molecule has 0 fully saturated rings. The smallest absolute Gasteiger partial charge is 0.341 e. The number of carboxylic acid groups (broad SMARTS) is 1. The van der Waals surface area contributed by atoms with E-state index in [4.69, 9.17) is 9.84 Å². The van der Waals surface area contributed by atoms with Crippen LogP contribution in [0.1, 0.15) is 52.4 Å². The fraction of sp³-hybridized carbons (Fsp3) is 0.458. The molecule has 4 N–H and O–H groups in total. The quantitative estimate of drug-likeness (QED) is 0.262. The first-order valence-electron chi connectivity index (χ1n) is 11.3. The molecule has 9 heteroatoms. The van der Waals surface area contributed by atoms with Crippen molar-refractivity contribution in [3.05, 3.63) is 46.9 Å². The highest BCUT2D eigenvalue weighted by atomic mass is 79.9. The van der Waals surface area contributed by atoms with E-state index >= 15 is 0 Å². The fourth-order valence-corrected chi connectivity index (χ4v) is 6.40. The van der Waals surface area contributed by atoms with Gasteiger partial charge in [-0.15, -0.1) is 10.8 Å². The van der Waals surface area contributed by atoms with E-state index in [2.05, 4.69) is 39.4 Å². The molecule has 0 amide bonds. The summed E-state index contributed by atoms with van der Waals surface area (Å²) >= 11 is 3.48. The number of rotatable bonds is 10. The maximum Gasteiger partial charge on any atom is 0.341 e. The van der Waals surface area contributed by atoms with Gasteiger partial charge in [-0.3, -0.25) is 9.11 Å². The van der Waals surface area contributed by atoms with Gasteiger partial charge in [0.2, 0.25) is 0 Å². The van der Waals surface area contributed by atoms with Crippen molar-refractivity contribution < 1.29 is 23.7 Å². The molecule has 0 unspecified atom stereocenters. The Hall–Kier alpha value is -1.78. The van der Waals surface area contributed by atoms with Crippen LogP contribution in [0.3, 0.4) is 0 Å². The van der Waals surface area contributed by atoms with Gasteiger partial charge in [0.25, 0.3) is 0 Å². The van der Waals surface area contributed by atoms with Crippen LogP contribution in [-0.2, 0) is 4.79 Å². The van der Waals surface area contributed by atoms with Crippen molar-refractivity contribution in [3.8, 4) is 5.75 Å². The molecule has 3 rings (SSSR count). The molecule has 0 aliphatic carbocycles.